The van der Waals surface area contributed by atoms with Crippen LogP contribution in [0, 0.1) is 0 Å². The summed E-state index contributed by atoms with van der Waals surface area (Å²) in [6, 6.07) is 15.2. The Balaban J connectivity index is 1.29. The van der Waals surface area contributed by atoms with Crippen molar-refractivity contribution in [3.8, 4) is 16.7 Å². The van der Waals surface area contributed by atoms with E-state index in [1.54, 1.807) is 6.92 Å². The Labute approximate surface area is 176 Å². The Hall–Kier alpha value is -3.53. The van der Waals surface area contributed by atoms with Gasteiger partial charge in [0.2, 0.25) is 0 Å². The molecular weight excluding hydrogens is 406 g/mol. The topological polar surface area (TPSA) is 101 Å². The van der Waals surface area contributed by atoms with E-state index < -0.39 is 0 Å². The molecule has 0 amide bonds. The molecule has 0 fully saturated rings. The van der Waals surface area contributed by atoms with Crippen molar-refractivity contribution in [3.05, 3.63) is 54.4 Å². The van der Waals surface area contributed by atoms with E-state index in [1.165, 1.54) is 16.0 Å². The standard InChI is InChI=1S/C20H19N5O4S/c1-2-27-19(26)13-18-22-23-24-25(18)11-12-28-14-7-9-15(10-8-14)29-20-21-16-5-3-4-6-17(16)30-20/h3-10H,2,11-13H2,1H3. The number of hydrogen-bond acceptors (Lipinski definition) is 9. The average Bonchev–Trinajstić information content (AvgIpc) is 3.35. The molecule has 0 saturated heterocycles. The number of rotatable bonds is 9. The molecule has 2 aromatic carbocycles. The van der Waals surface area contributed by atoms with Crippen LogP contribution in [0.5, 0.6) is 16.7 Å². The number of thiazole rings is 1. The molecule has 154 valence electrons. The van der Waals surface area contributed by atoms with Crippen LogP contribution in [0.2, 0.25) is 0 Å². The highest BCUT2D eigenvalue weighted by Crippen LogP contribution is 2.31. The molecule has 0 unspecified atom stereocenters. The third-order valence-electron chi connectivity index (χ3n) is 4.09. The van der Waals surface area contributed by atoms with Gasteiger partial charge in [-0.1, -0.05) is 23.5 Å². The molecule has 0 saturated carbocycles. The average molecular weight is 425 g/mol. The zero-order valence-electron chi connectivity index (χ0n) is 16.2. The fraction of sp³-hybridized carbons (Fsp3) is 0.250. The predicted octanol–water partition coefficient (Wildman–Crippen LogP) is 3.26. The van der Waals surface area contributed by atoms with Gasteiger partial charge in [-0.05, 0) is 53.7 Å². The van der Waals surface area contributed by atoms with Crippen LogP contribution in [0.1, 0.15) is 12.7 Å². The Kier molecular flexibility index (Phi) is 6.14. The molecule has 30 heavy (non-hydrogen) atoms. The molecule has 0 aliphatic rings. The molecule has 0 radical (unpaired) electrons. The quantitative estimate of drug-likeness (QED) is 0.377. The third-order valence-corrected chi connectivity index (χ3v) is 5.00. The Bertz CT molecular complexity index is 1090. The van der Waals surface area contributed by atoms with Gasteiger partial charge in [-0.15, -0.1) is 5.10 Å². The first-order chi connectivity index (χ1) is 14.7. The number of aromatic nitrogens is 5. The Morgan fingerprint density at radius 1 is 1.10 bits per heavy atom. The summed E-state index contributed by atoms with van der Waals surface area (Å²) in [4.78, 5) is 16.1. The highest BCUT2D eigenvalue weighted by molar-refractivity contribution is 7.20. The van der Waals surface area contributed by atoms with E-state index in [0.29, 0.717) is 42.3 Å². The lowest BCUT2D eigenvalue weighted by Crippen LogP contribution is -2.16. The normalized spacial score (nSPS) is 10.8. The van der Waals surface area contributed by atoms with Gasteiger partial charge in [0, 0.05) is 0 Å². The molecule has 0 bridgehead atoms. The van der Waals surface area contributed by atoms with Gasteiger partial charge in [-0.3, -0.25) is 4.79 Å². The van der Waals surface area contributed by atoms with Gasteiger partial charge in [0.1, 0.15) is 24.5 Å². The first-order valence-corrected chi connectivity index (χ1v) is 10.2. The number of hydrogen-bond donors (Lipinski definition) is 0. The lowest BCUT2D eigenvalue weighted by molar-refractivity contribution is -0.142. The molecule has 2 aromatic heterocycles. The fourth-order valence-corrected chi connectivity index (χ4v) is 3.55. The highest BCUT2D eigenvalue weighted by atomic mass is 32.1. The molecule has 9 nitrogen and oxygen atoms in total. The number of esters is 1. The van der Waals surface area contributed by atoms with E-state index in [9.17, 15) is 4.79 Å². The zero-order valence-corrected chi connectivity index (χ0v) is 17.0. The number of carbonyl (C=O) groups is 1. The van der Waals surface area contributed by atoms with Crippen molar-refractivity contribution in [1.29, 1.82) is 0 Å². The molecule has 0 aliphatic carbocycles. The maximum Gasteiger partial charge on any atom is 0.313 e. The zero-order chi connectivity index (χ0) is 20.8. The summed E-state index contributed by atoms with van der Waals surface area (Å²) >= 11 is 1.50. The summed E-state index contributed by atoms with van der Waals surface area (Å²) in [6.45, 7) is 2.83. The second-order valence-corrected chi connectivity index (χ2v) is 7.16. The molecule has 10 heteroatoms. The van der Waals surface area contributed by atoms with Crippen molar-refractivity contribution in [2.75, 3.05) is 13.2 Å². The molecular formula is C20H19N5O4S. The van der Waals surface area contributed by atoms with Crippen LogP contribution in [0.25, 0.3) is 10.2 Å². The van der Waals surface area contributed by atoms with Gasteiger partial charge in [0.15, 0.2) is 5.82 Å². The van der Waals surface area contributed by atoms with Crippen LogP contribution in [0.4, 0.5) is 0 Å². The van der Waals surface area contributed by atoms with E-state index in [1.807, 2.05) is 48.5 Å². The van der Waals surface area contributed by atoms with E-state index in [-0.39, 0.29) is 12.4 Å². The maximum atomic E-state index is 11.6. The van der Waals surface area contributed by atoms with E-state index in [0.717, 1.165) is 10.2 Å². The van der Waals surface area contributed by atoms with Crippen LogP contribution < -0.4 is 9.47 Å². The monoisotopic (exact) mass is 425 g/mol. The van der Waals surface area contributed by atoms with Gasteiger partial charge in [-0.25, -0.2) is 9.67 Å². The predicted molar refractivity (Wildman–Crippen MR) is 110 cm³/mol. The molecule has 0 aliphatic heterocycles. The van der Waals surface area contributed by atoms with Gasteiger partial charge in [-0.2, -0.15) is 0 Å². The first kappa shape index (κ1) is 19.8. The number of fused-ring (bicyclic) bond motifs is 1. The van der Waals surface area contributed by atoms with Crippen molar-refractivity contribution in [2.45, 2.75) is 19.9 Å². The number of ether oxygens (including phenoxy) is 3. The number of para-hydroxylation sites is 1. The second-order valence-electron chi connectivity index (χ2n) is 6.17. The SMILES string of the molecule is CCOC(=O)Cc1nnnn1CCOc1ccc(Oc2nc3ccccc3s2)cc1. The summed E-state index contributed by atoms with van der Waals surface area (Å²) in [5, 5.41) is 11.9. The number of nitrogens with zero attached hydrogens (tertiary/aromatic N) is 5. The molecule has 0 N–H and O–H groups in total. The van der Waals surface area contributed by atoms with Crippen molar-refractivity contribution in [1.82, 2.24) is 25.2 Å². The molecule has 0 spiro atoms. The summed E-state index contributed by atoms with van der Waals surface area (Å²) in [5.41, 5.74) is 0.919. The van der Waals surface area contributed by atoms with Crippen molar-refractivity contribution < 1.29 is 19.0 Å². The molecule has 4 rings (SSSR count). The van der Waals surface area contributed by atoms with E-state index in [2.05, 4.69) is 20.5 Å². The third kappa shape index (κ3) is 4.90. The summed E-state index contributed by atoms with van der Waals surface area (Å²) < 4.78 is 19.1. The lowest BCUT2D eigenvalue weighted by atomic mass is 10.3. The fourth-order valence-electron chi connectivity index (χ4n) is 2.71. The van der Waals surface area contributed by atoms with E-state index >= 15 is 0 Å². The van der Waals surface area contributed by atoms with Crippen LogP contribution in [-0.2, 0) is 22.5 Å². The smallest absolute Gasteiger partial charge is 0.313 e. The molecule has 0 atom stereocenters. The minimum Gasteiger partial charge on any atom is -0.492 e. The maximum absolute atomic E-state index is 11.6. The Morgan fingerprint density at radius 2 is 1.90 bits per heavy atom. The largest absolute Gasteiger partial charge is 0.492 e. The number of tetrazole rings is 1. The Morgan fingerprint density at radius 3 is 2.70 bits per heavy atom. The van der Waals surface area contributed by atoms with E-state index in [4.69, 9.17) is 14.2 Å². The highest BCUT2D eigenvalue weighted by Gasteiger charge is 2.12. The lowest BCUT2D eigenvalue weighted by Gasteiger charge is -2.08. The first-order valence-electron chi connectivity index (χ1n) is 9.38. The number of benzene rings is 2. The van der Waals surface area contributed by atoms with Crippen LogP contribution in [-0.4, -0.2) is 44.4 Å². The summed E-state index contributed by atoms with van der Waals surface area (Å²) in [5.74, 6) is 1.44. The summed E-state index contributed by atoms with van der Waals surface area (Å²) in [7, 11) is 0. The molecule has 4 aromatic rings. The van der Waals surface area contributed by atoms with Crippen LogP contribution >= 0.6 is 11.3 Å². The number of carbonyl (C=O) groups excluding carboxylic acids is 1. The van der Waals surface area contributed by atoms with Crippen molar-refractivity contribution in [3.63, 3.8) is 0 Å². The van der Waals surface area contributed by atoms with Gasteiger partial charge in [0.05, 0.1) is 23.4 Å². The van der Waals surface area contributed by atoms with Gasteiger partial charge in [0.25, 0.3) is 5.19 Å². The van der Waals surface area contributed by atoms with Crippen LogP contribution in [0.3, 0.4) is 0 Å². The molecule has 2 heterocycles. The van der Waals surface area contributed by atoms with Gasteiger partial charge < -0.3 is 14.2 Å². The minimum atomic E-state index is -0.363. The van der Waals surface area contributed by atoms with Crippen molar-refractivity contribution >= 4 is 27.5 Å². The minimum absolute atomic E-state index is 0.0264. The second kappa shape index (κ2) is 9.31. The van der Waals surface area contributed by atoms with Crippen LogP contribution in [0.15, 0.2) is 48.5 Å². The van der Waals surface area contributed by atoms with Gasteiger partial charge >= 0.3 is 5.97 Å². The van der Waals surface area contributed by atoms with Crippen molar-refractivity contribution in [2.24, 2.45) is 0 Å². The summed E-state index contributed by atoms with van der Waals surface area (Å²) in [6.07, 6.45) is 0.0264.